The van der Waals surface area contributed by atoms with E-state index in [-0.39, 0.29) is 0 Å². The van der Waals surface area contributed by atoms with Gasteiger partial charge in [0, 0.05) is 25.9 Å². The lowest BCUT2D eigenvalue weighted by Gasteiger charge is -2.16. The van der Waals surface area contributed by atoms with Crippen LogP contribution in [0.3, 0.4) is 0 Å². The Kier molecular flexibility index (Phi) is 3.31. The van der Waals surface area contributed by atoms with Gasteiger partial charge in [0.2, 0.25) is 5.75 Å². The molecule has 2 rings (SSSR count). The van der Waals surface area contributed by atoms with Crippen LogP contribution in [-0.2, 0) is 0 Å². The van der Waals surface area contributed by atoms with Crippen molar-refractivity contribution in [3.8, 4) is 5.75 Å². The largest absolute Gasteiger partial charge is 0.490 e. The van der Waals surface area contributed by atoms with Crippen LogP contribution in [0.5, 0.6) is 5.75 Å². The summed E-state index contributed by atoms with van der Waals surface area (Å²) in [5.41, 5.74) is 0.971. The van der Waals surface area contributed by atoms with Crippen molar-refractivity contribution in [1.29, 1.82) is 0 Å². The Morgan fingerprint density at radius 2 is 2.11 bits per heavy atom. The van der Waals surface area contributed by atoms with Crippen LogP contribution in [0.25, 0.3) is 0 Å². The molecule has 0 radical (unpaired) electrons. The van der Waals surface area contributed by atoms with E-state index >= 15 is 0 Å². The van der Waals surface area contributed by atoms with Crippen molar-refractivity contribution in [2.24, 2.45) is 0 Å². The monoisotopic (exact) mass is 248 g/mol. The molecule has 96 valence electrons. The highest BCUT2D eigenvalue weighted by Gasteiger charge is 2.14. The van der Waals surface area contributed by atoms with Crippen LogP contribution in [0, 0.1) is 6.92 Å². The van der Waals surface area contributed by atoms with Crippen molar-refractivity contribution >= 4 is 17.5 Å². The molecule has 2 aromatic rings. The van der Waals surface area contributed by atoms with E-state index in [1.807, 2.05) is 32.0 Å². The van der Waals surface area contributed by atoms with E-state index in [1.54, 1.807) is 7.11 Å². The Hall–Kier alpha value is -2.31. The summed E-state index contributed by atoms with van der Waals surface area (Å²) < 4.78 is 5.35. The van der Waals surface area contributed by atoms with Crippen LogP contribution in [-0.4, -0.2) is 41.4 Å². The number of ether oxygens (including phenoxy) is 1. The molecular weight excluding hydrogens is 232 g/mol. The Bertz CT molecular complexity index is 536. The number of aromatic nitrogens is 4. The summed E-state index contributed by atoms with van der Waals surface area (Å²) in [4.78, 5) is 10.2. The smallest absolute Gasteiger partial charge is 0.204 e. The van der Waals surface area contributed by atoms with Gasteiger partial charge in [0.1, 0.15) is 6.33 Å². The first-order chi connectivity index (χ1) is 8.61. The van der Waals surface area contributed by atoms with E-state index in [2.05, 4.69) is 25.5 Å². The van der Waals surface area contributed by atoms with Crippen LogP contribution in [0.1, 0.15) is 5.69 Å². The van der Waals surface area contributed by atoms with Gasteiger partial charge < -0.3 is 15.0 Å². The van der Waals surface area contributed by atoms with Crippen molar-refractivity contribution in [3.63, 3.8) is 0 Å². The quantitative estimate of drug-likeness (QED) is 0.849. The molecule has 0 amide bonds. The fourth-order valence-corrected chi connectivity index (χ4v) is 1.56. The third kappa shape index (κ3) is 2.34. The Balaban J connectivity index is 2.35. The normalized spacial score (nSPS) is 10.2. The first-order valence-electron chi connectivity index (χ1n) is 5.47. The number of H-pyrrole nitrogens is 1. The third-order valence-electron chi connectivity index (χ3n) is 2.37. The predicted octanol–water partition coefficient (Wildman–Crippen LogP) is 1.33. The lowest BCUT2D eigenvalue weighted by molar-refractivity contribution is 0.414. The zero-order valence-corrected chi connectivity index (χ0v) is 10.9. The van der Waals surface area contributed by atoms with Gasteiger partial charge in [0.15, 0.2) is 17.5 Å². The number of aromatic amines is 1. The second kappa shape index (κ2) is 4.91. The zero-order chi connectivity index (χ0) is 13.1. The average molecular weight is 248 g/mol. The van der Waals surface area contributed by atoms with Crippen molar-refractivity contribution in [1.82, 2.24) is 20.2 Å². The topological polar surface area (TPSA) is 79.0 Å². The SMILES string of the molecule is COc1c(Nc2cc(C)[nH]n2)ncnc1N(C)C. The molecule has 0 unspecified atom stereocenters. The molecule has 0 aromatic carbocycles. The van der Waals surface area contributed by atoms with Gasteiger partial charge >= 0.3 is 0 Å². The fraction of sp³-hybridized carbons (Fsp3) is 0.364. The van der Waals surface area contributed by atoms with Crippen molar-refractivity contribution in [3.05, 3.63) is 18.1 Å². The highest BCUT2D eigenvalue weighted by atomic mass is 16.5. The summed E-state index contributed by atoms with van der Waals surface area (Å²) in [5.74, 6) is 2.57. The molecule has 2 aromatic heterocycles. The zero-order valence-electron chi connectivity index (χ0n) is 10.9. The minimum Gasteiger partial charge on any atom is -0.490 e. The highest BCUT2D eigenvalue weighted by molar-refractivity contribution is 5.68. The molecule has 7 nitrogen and oxygen atoms in total. The highest BCUT2D eigenvalue weighted by Crippen LogP contribution is 2.32. The van der Waals surface area contributed by atoms with E-state index in [0.29, 0.717) is 23.2 Å². The molecular formula is C11H16N6O. The summed E-state index contributed by atoms with van der Waals surface area (Å²) >= 11 is 0. The molecule has 18 heavy (non-hydrogen) atoms. The summed E-state index contributed by atoms with van der Waals surface area (Å²) in [7, 11) is 5.38. The van der Waals surface area contributed by atoms with Gasteiger partial charge in [0.25, 0.3) is 0 Å². The average Bonchev–Trinajstić information content (AvgIpc) is 2.74. The standard InChI is InChI=1S/C11H16N6O/c1-7-5-8(16-15-7)14-10-9(18-4)11(17(2)3)13-6-12-10/h5-6H,1-4H3,(H2,12,13,14,15,16). The third-order valence-corrected chi connectivity index (χ3v) is 2.37. The van der Waals surface area contributed by atoms with Crippen LogP contribution in [0.15, 0.2) is 12.4 Å². The van der Waals surface area contributed by atoms with Gasteiger partial charge in [-0.1, -0.05) is 0 Å². The van der Waals surface area contributed by atoms with Gasteiger partial charge in [0.05, 0.1) is 7.11 Å². The minimum atomic E-state index is 0.586. The van der Waals surface area contributed by atoms with E-state index < -0.39 is 0 Å². The molecule has 2 N–H and O–H groups in total. The molecule has 0 bridgehead atoms. The van der Waals surface area contributed by atoms with Crippen LogP contribution in [0.4, 0.5) is 17.5 Å². The lowest BCUT2D eigenvalue weighted by atomic mass is 10.4. The van der Waals surface area contributed by atoms with Gasteiger partial charge in [-0.25, -0.2) is 9.97 Å². The van der Waals surface area contributed by atoms with Crippen molar-refractivity contribution < 1.29 is 4.74 Å². The van der Waals surface area contributed by atoms with Gasteiger partial charge in [-0.05, 0) is 6.92 Å². The fourth-order valence-electron chi connectivity index (χ4n) is 1.56. The van der Waals surface area contributed by atoms with Gasteiger partial charge in [-0.3, -0.25) is 5.10 Å². The van der Waals surface area contributed by atoms with E-state index in [4.69, 9.17) is 4.74 Å². The van der Waals surface area contributed by atoms with E-state index in [0.717, 1.165) is 5.69 Å². The second-order valence-corrected chi connectivity index (χ2v) is 4.03. The molecule has 2 heterocycles. The van der Waals surface area contributed by atoms with Crippen LogP contribution < -0.4 is 15.0 Å². The van der Waals surface area contributed by atoms with E-state index in [9.17, 15) is 0 Å². The molecule has 7 heteroatoms. The molecule has 0 aliphatic heterocycles. The van der Waals surface area contributed by atoms with Crippen LogP contribution >= 0.6 is 0 Å². The number of rotatable bonds is 4. The number of hydrogen-bond donors (Lipinski definition) is 2. The number of methoxy groups -OCH3 is 1. The maximum Gasteiger partial charge on any atom is 0.204 e. The molecule has 0 atom stereocenters. The number of aryl methyl sites for hydroxylation is 1. The molecule has 0 aliphatic rings. The molecule has 0 saturated heterocycles. The maximum atomic E-state index is 5.35. The lowest BCUT2D eigenvalue weighted by Crippen LogP contribution is -2.13. The van der Waals surface area contributed by atoms with Gasteiger partial charge in [-0.2, -0.15) is 5.10 Å². The Morgan fingerprint density at radius 1 is 1.33 bits per heavy atom. The molecule has 0 spiro atoms. The number of anilines is 3. The van der Waals surface area contributed by atoms with Crippen LogP contribution in [0.2, 0.25) is 0 Å². The number of hydrogen-bond acceptors (Lipinski definition) is 6. The Morgan fingerprint density at radius 3 is 2.67 bits per heavy atom. The predicted molar refractivity (Wildman–Crippen MR) is 69.5 cm³/mol. The van der Waals surface area contributed by atoms with Crippen molar-refractivity contribution in [2.45, 2.75) is 6.92 Å². The number of nitrogens with one attached hydrogen (secondary N) is 2. The number of nitrogens with zero attached hydrogens (tertiary/aromatic N) is 4. The molecule has 0 aliphatic carbocycles. The molecule has 0 fully saturated rings. The molecule has 0 saturated carbocycles. The summed E-state index contributed by atoms with van der Waals surface area (Å²) in [5, 5.41) is 10.0. The second-order valence-electron chi connectivity index (χ2n) is 4.03. The van der Waals surface area contributed by atoms with Crippen molar-refractivity contribution in [2.75, 3.05) is 31.4 Å². The maximum absolute atomic E-state index is 5.35. The van der Waals surface area contributed by atoms with Gasteiger partial charge in [-0.15, -0.1) is 0 Å². The van der Waals surface area contributed by atoms with E-state index in [1.165, 1.54) is 6.33 Å². The Labute approximate surface area is 105 Å². The first kappa shape index (κ1) is 12.2. The summed E-state index contributed by atoms with van der Waals surface area (Å²) in [6, 6.07) is 1.89. The summed E-state index contributed by atoms with van der Waals surface area (Å²) in [6.45, 7) is 1.93. The summed E-state index contributed by atoms with van der Waals surface area (Å²) in [6.07, 6.45) is 1.49. The first-order valence-corrected chi connectivity index (χ1v) is 5.47. The minimum absolute atomic E-state index is 0.586.